The highest BCUT2D eigenvalue weighted by Crippen LogP contribution is 2.48. The van der Waals surface area contributed by atoms with Gasteiger partial charge in [0.2, 0.25) is 5.91 Å². The van der Waals surface area contributed by atoms with E-state index in [9.17, 15) is 9.59 Å². The Hall–Kier alpha value is -2.86. The van der Waals surface area contributed by atoms with Gasteiger partial charge >= 0.3 is 0 Å². The van der Waals surface area contributed by atoms with Crippen LogP contribution in [-0.2, 0) is 14.9 Å². The number of rotatable bonds is 8. The van der Waals surface area contributed by atoms with Crippen molar-refractivity contribution in [3.8, 4) is 5.75 Å². The molecule has 2 amide bonds. The molecule has 1 aliphatic carbocycles. The fraction of sp³-hybridized carbons (Fsp3) is 0.333. The molecule has 3 rings (SSSR count). The lowest BCUT2D eigenvalue weighted by molar-refractivity contribution is -0.123. The molecule has 2 N–H and O–H groups in total. The largest absolute Gasteiger partial charge is 0.497 e. The Kier molecular flexibility index (Phi) is 5.76. The van der Waals surface area contributed by atoms with Crippen LogP contribution in [0.4, 0.5) is 5.69 Å². The number of carbonyl (C=O) groups is 2. The van der Waals surface area contributed by atoms with E-state index in [1.807, 2.05) is 24.3 Å². The molecule has 0 saturated heterocycles. The molecule has 0 atom stereocenters. The summed E-state index contributed by atoms with van der Waals surface area (Å²) in [5.74, 6) is 0.549. The summed E-state index contributed by atoms with van der Waals surface area (Å²) in [6.07, 6.45) is 1.67. The smallest absolute Gasteiger partial charge is 0.255 e. The van der Waals surface area contributed by atoms with Gasteiger partial charge in [-0.15, -0.1) is 0 Å². The van der Waals surface area contributed by atoms with Crippen molar-refractivity contribution in [2.75, 3.05) is 32.7 Å². The Morgan fingerprint density at radius 1 is 1.00 bits per heavy atom. The standard InChI is InChI=1S/C21H24N2O4/c1-26-14-13-22-20(25)21(11-12-21)16-5-7-17(8-6-16)23-19(24)15-3-9-18(27-2)10-4-15/h3-10H,11-14H2,1-2H3,(H,22,25)(H,23,24). The maximum absolute atomic E-state index is 12.5. The molecule has 0 spiro atoms. The monoisotopic (exact) mass is 368 g/mol. The molecule has 2 aromatic rings. The highest BCUT2D eigenvalue weighted by atomic mass is 16.5. The van der Waals surface area contributed by atoms with Crippen LogP contribution in [-0.4, -0.2) is 39.2 Å². The van der Waals surface area contributed by atoms with E-state index in [4.69, 9.17) is 9.47 Å². The Bertz CT molecular complexity index is 796. The topological polar surface area (TPSA) is 76.7 Å². The average Bonchev–Trinajstić information content (AvgIpc) is 3.51. The maximum Gasteiger partial charge on any atom is 0.255 e. The maximum atomic E-state index is 12.5. The second-order valence-corrected chi connectivity index (χ2v) is 6.59. The molecule has 6 heteroatoms. The van der Waals surface area contributed by atoms with Gasteiger partial charge in [0, 0.05) is 24.9 Å². The van der Waals surface area contributed by atoms with E-state index < -0.39 is 5.41 Å². The van der Waals surface area contributed by atoms with E-state index in [2.05, 4.69) is 10.6 Å². The molecule has 1 aliphatic rings. The van der Waals surface area contributed by atoms with Gasteiger partial charge in [0.1, 0.15) is 5.75 Å². The first-order chi connectivity index (χ1) is 13.1. The van der Waals surface area contributed by atoms with E-state index in [1.54, 1.807) is 38.5 Å². The third kappa shape index (κ3) is 4.28. The third-order valence-corrected chi connectivity index (χ3v) is 4.82. The molecular formula is C21H24N2O4. The Morgan fingerprint density at radius 2 is 1.67 bits per heavy atom. The van der Waals surface area contributed by atoms with Crippen molar-refractivity contribution < 1.29 is 19.1 Å². The number of amides is 2. The minimum Gasteiger partial charge on any atom is -0.497 e. The van der Waals surface area contributed by atoms with Gasteiger partial charge in [0.05, 0.1) is 19.1 Å². The van der Waals surface area contributed by atoms with Gasteiger partial charge in [0.15, 0.2) is 0 Å². The van der Waals surface area contributed by atoms with Crippen LogP contribution in [0.5, 0.6) is 5.75 Å². The molecule has 1 saturated carbocycles. The number of nitrogens with one attached hydrogen (secondary N) is 2. The summed E-state index contributed by atoms with van der Waals surface area (Å²) in [6.45, 7) is 1.01. The van der Waals surface area contributed by atoms with Gasteiger partial charge in [-0.1, -0.05) is 12.1 Å². The first-order valence-corrected chi connectivity index (χ1v) is 8.92. The number of ether oxygens (including phenoxy) is 2. The highest BCUT2D eigenvalue weighted by Gasteiger charge is 2.50. The number of hydrogen-bond donors (Lipinski definition) is 2. The Morgan fingerprint density at radius 3 is 2.22 bits per heavy atom. The van der Waals surface area contributed by atoms with Crippen LogP contribution in [0.25, 0.3) is 0 Å². The van der Waals surface area contributed by atoms with Gasteiger partial charge in [-0.05, 0) is 54.8 Å². The lowest BCUT2D eigenvalue weighted by atomic mass is 9.94. The zero-order valence-electron chi connectivity index (χ0n) is 15.6. The van der Waals surface area contributed by atoms with E-state index in [1.165, 1.54) is 0 Å². The second kappa shape index (κ2) is 8.22. The molecule has 1 fully saturated rings. The average molecular weight is 368 g/mol. The predicted molar refractivity (Wildman–Crippen MR) is 103 cm³/mol. The van der Waals surface area contributed by atoms with Gasteiger partial charge in [-0.3, -0.25) is 9.59 Å². The molecule has 0 aliphatic heterocycles. The minimum atomic E-state index is -0.438. The highest BCUT2D eigenvalue weighted by molar-refractivity contribution is 6.04. The van der Waals surface area contributed by atoms with E-state index >= 15 is 0 Å². The normalized spacial score (nSPS) is 14.3. The van der Waals surface area contributed by atoms with E-state index in [-0.39, 0.29) is 11.8 Å². The van der Waals surface area contributed by atoms with Crippen LogP contribution in [0.15, 0.2) is 48.5 Å². The summed E-state index contributed by atoms with van der Waals surface area (Å²) < 4.78 is 10.1. The number of anilines is 1. The zero-order valence-corrected chi connectivity index (χ0v) is 15.6. The fourth-order valence-electron chi connectivity index (χ4n) is 3.03. The van der Waals surface area contributed by atoms with Crippen molar-refractivity contribution >= 4 is 17.5 Å². The van der Waals surface area contributed by atoms with E-state index in [0.717, 1.165) is 18.4 Å². The number of benzene rings is 2. The molecule has 0 heterocycles. The third-order valence-electron chi connectivity index (χ3n) is 4.82. The predicted octanol–water partition coefficient (Wildman–Crippen LogP) is 2.74. The summed E-state index contributed by atoms with van der Waals surface area (Å²) in [7, 11) is 3.19. The summed E-state index contributed by atoms with van der Waals surface area (Å²) in [5.41, 5.74) is 1.78. The van der Waals surface area contributed by atoms with Crippen molar-refractivity contribution in [2.45, 2.75) is 18.3 Å². The van der Waals surface area contributed by atoms with Crippen LogP contribution < -0.4 is 15.4 Å². The Labute approximate surface area is 158 Å². The minimum absolute atomic E-state index is 0.0366. The number of carbonyl (C=O) groups excluding carboxylic acids is 2. The molecule has 0 bridgehead atoms. The van der Waals surface area contributed by atoms with Crippen LogP contribution >= 0.6 is 0 Å². The first-order valence-electron chi connectivity index (χ1n) is 8.92. The van der Waals surface area contributed by atoms with Crippen LogP contribution in [0, 0.1) is 0 Å². The molecule has 142 valence electrons. The van der Waals surface area contributed by atoms with Crippen LogP contribution in [0.2, 0.25) is 0 Å². The van der Waals surface area contributed by atoms with Crippen molar-refractivity contribution in [3.63, 3.8) is 0 Å². The summed E-state index contributed by atoms with van der Waals surface area (Å²) >= 11 is 0. The van der Waals surface area contributed by atoms with Gasteiger partial charge in [0.25, 0.3) is 5.91 Å². The lowest BCUT2D eigenvalue weighted by Gasteiger charge is -2.16. The molecule has 0 aromatic heterocycles. The van der Waals surface area contributed by atoms with Crippen LogP contribution in [0.3, 0.4) is 0 Å². The molecular weight excluding hydrogens is 344 g/mol. The van der Waals surface area contributed by atoms with Crippen molar-refractivity contribution in [2.24, 2.45) is 0 Å². The fourth-order valence-corrected chi connectivity index (χ4v) is 3.03. The van der Waals surface area contributed by atoms with Gasteiger partial charge in [-0.2, -0.15) is 0 Å². The molecule has 2 aromatic carbocycles. The van der Waals surface area contributed by atoms with Crippen LogP contribution in [0.1, 0.15) is 28.8 Å². The quantitative estimate of drug-likeness (QED) is 0.703. The van der Waals surface area contributed by atoms with Crippen molar-refractivity contribution in [3.05, 3.63) is 59.7 Å². The van der Waals surface area contributed by atoms with E-state index in [0.29, 0.717) is 30.2 Å². The summed E-state index contributed by atoms with van der Waals surface area (Å²) in [5, 5.41) is 5.79. The molecule has 27 heavy (non-hydrogen) atoms. The molecule has 0 radical (unpaired) electrons. The van der Waals surface area contributed by atoms with Gasteiger partial charge < -0.3 is 20.1 Å². The summed E-state index contributed by atoms with van der Waals surface area (Å²) in [4.78, 5) is 24.8. The zero-order chi connectivity index (χ0) is 19.3. The van der Waals surface area contributed by atoms with Crippen molar-refractivity contribution in [1.82, 2.24) is 5.32 Å². The van der Waals surface area contributed by atoms with Gasteiger partial charge in [-0.25, -0.2) is 0 Å². The van der Waals surface area contributed by atoms with Crippen molar-refractivity contribution in [1.29, 1.82) is 0 Å². The lowest BCUT2D eigenvalue weighted by Crippen LogP contribution is -2.36. The first kappa shape index (κ1) is 18.9. The second-order valence-electron chi connectivity index (χ2n) is 6.59. The SMILES string of the molecule is COCCNC(=O)C1(c2ccc(NC(=O)c3ccc(OC)cc3)cc2)CC1. The Balaban J connectivity index is 1.63. The molecule has 6 nitrogen and oxygen atoms in total. The number of methoxy groups -OCH3 is 2. The molecule has 0 unspecified atom stereocenters. The summed E-state index contributed by atoms with van der Waals surface area (Å²) in [6, 6.07) is 14.4. The number of hydrogen-bond acceptors (Lipinski definition) is 4.